The first-order valence-corrected chi connectivity index (χ1v) is 10.6. The van der Waals surface area contributed by atoms with Crippen LogP contribution in [0.4, 0.5) is 5.69 Å². The second-order valence-corrected chi connectivity index (χ2v) is 7.80. The fourth-order valence-electron chi connectivity index (χ4n) is 3.26. The van der Waals surface area contributed by atoms with Crippen LogP contribution in [0.5, 0.6) is 5.75 Å². The van der Waals surface area contributed by atoms with Gasteiger partial charge in [-0.15, -0.1) is 0 Å². The van der Waals surface area contributed by atoms with Crippen LogP contribution < -0.4 is 10.3 Å². The Morgan fingerprint density at radius 3 is 2.61 bits per heavy atom. The molecule has 1 aromatic heterocycles. The van der Waals surface area contributed by atoms with Crippen molar-refractivity contribution in [3.63, 3.8) is 0 Å². The van der Waals surface area contributed by atoms with Crippen molar-refractivity contribution in [2.45, 2.75) is 0 Å². The average Bonchev–Trinajstić information content (AvgIpc) is 2.82. The van der Waals surface area contributed by atoms with E-state index in [4.69, 9.17) is 4.74 Å². The van der Waals surface area contributed by atoms with E-state index < -0.39 is 4.92 Å². The van der Waals surface area contributed by atoms with Crippen molar-refractivity contribution in [1.82, 2.24) is 9.66 Å². The zero-order valence-corrected chi connectivity index (χ0v) is 18.8. The Hall–Kier alpha value is -4.11. The van der Waals surface area contributed by atoms with E-state index >= 15 is 0 Å². The number of ether oxygens (including phenoxy) is 1. The standard InChI is InChI=1S/C24H17BrN4O4/c1-2-12-33-22-17(13-18(25)14-21(22)29(31)32)15-26-28-23(16-8-4-3-5-9-16)27-20-11-7-6-10-19(20)24(28)30/h2-11,13-15H,1,12H2. The fourth-order valence-corrected chi connectivity index (χ4v) is 3.72. The second kappa shape index (κ2) is 9.58. The highest BCUT2D eigenvalue weighted by Crippen LogP contribution is 2.34. The zero-order valence-electron chi connectivity index (χ0n) is 17.2. The van der Waals surface area contributed by atoms with Gasteiger partial charge in [-0.1, -0.05) is 71.0 Å². The van der Waals surface area contributed by atoms with E-state index in [1.165, 1.54) is 23.0 Å². The van der Waals surface area contributed by atoms with Crippen LogP contribution in [0.3, 0.4) is 0 Å². The summed E-state index contributed by atoms with van der Waals surface area (Å²) in [5.41, 5.74) is 0.951. The molecule has 0 bridgehead atoms. The molecule has 8 nitrogen and oxygen atoms in total. The van der Waals surface area contributed by atoms with Gasteiger partial charge in [-0.2, -0.15) is 9.78 Å². The maximum absolute atomic E-state index is 13.3. The van der Waals surface area contributed by atoms with Crippen LogP contribution in [0.1, 0.15) is 5.56 Å². The van der Waals surface area contributed by atoms with Gasteiger partial charge in [-0.25, -0.2) is 4.98 Å². The normalized spacial score (nSPS) is 11.1. The highest BCUT2D eigenvalue weighted by atomic mass is 79.9. The number of para-hydroxylation sites is 1. The summed E-state index contributed by atoms with van der Waals surface area (Å²) in [5.74, 6) is 0.364. The molecule has 0 amide bonds. The summed E-state index contributed by atoms with van der Waals surface area (Å²) >= 11 is 3.29. The number of aromatic nitrogens is 2. The van der Waals surface area contributed by atoms with Crippen LogP contribution in [0, 0.1) is 10.1 Å². The van der Waals surface area contributed by atoms with Gasteiger partial charge < -0.3 is 4.74 Å². The van der Waals surface area contributed by atoms with E-state index in [1.54, 1.807) is 30.3 Å². The first-order chi connectivity index (χ1) is 16.0. The van der Waals surface area contributed by atoms with E-state index in [-0.39, 0.29) is 23.6 Å². The molecule has 0 atom stereocenters. The molecule has 0 N–H and O–H groups in total. The molecule has 4 rings (SSSR count). The Morgan fingerprint density at radius 2 is 1.88 bits per heavy atom. The van der Waals surface area contributed by atoms with E-state index in [9.17, 15) is 14.9 Å². The van der Waals surface area contributed by atoms with Crippen molar-refractivity contribution in [2.24, 2.45) is 5.10 Å². The SMILES string of the molecule is C=CCOc1c(C=Nn2c(-c3ccccc3)nc3ccccc3c2=O)cc(Br)cc1[N+](=O)[O-]. The molecular formula is C24H17BrN4O4. The summed E-state index contributed by atoms with van der Waals surface area (Å²) in [7, 11) is 0. The van der Waals surface area contributed by atoms with Gasteiger partial charge in [0.15, 0.2) is 5.82 Å². The van der Waals surface area contributed by atoms with Crippen molar-refractivity contribution >= 4 is 38.7 Å². The molecule has 0 saturated carbocycles. The lowest BCUT2D eigenvalue weighted by Crippen LogP contribution is -2.20. The summed E-state index contributed by atoms with van der Waals surface area (Å²) < 4.78 is 7.21. The van der Waals surface area contributed by atoms with Crippen molar-refractivity contribution < 1.29 is 9.66 Å². The zero-order chi connectivity index (χ0) is 23.4. The van der Waals surface area contributed by atoms with Gasteiger partial charge in [0, 0.05) is 21.7 Å². The Kier molecular flexibility index (Phi) is 6.41. The molecule has 9 heteroatoms. The van der Waals surface area contributed by atoms with Gasteiger partial charge in [0.1, 0.15) is 6.61 Å². The summed E-state index contributed by atoms with van der Waals surface area (Å²) in [6.45, 7) is 3.65. The Labute approximate surface area is 196 Å². The van der Waals surface area contributed by atoms with E-state index in [2.05, 4.69) is 32.6 Å². The Bertz CT molecular complexity index is 1450. The molecule has 0 aliphatic carbocycles. The predicted molar refractivity (Wildman–Crippen MR) is 131 cm³/mol. The molecule has 33 heavy (non-hydrogen) atoms. The molecule has 1 heterocycles. The molecule has 0 aliphatic heterocycles. The number of nitro groups is 1. The lowest BCUT2D eigenvalue weighted by molar-refractivity contribution is -0.385. The molecule has 0 aliphatic rings. The van der Waals surface area contributed by atoms with Gasteiger partial charge in [-0.05, 0) is 18.2 Å². The van der Waals surface area contributed by atoms with Crippen molar-refractivity contribution in [1.29, 1.82) is 0 Å². The number of nitrogens with zero attached hydrogens (tertiary/aromatic N) is 4. The third-order valence-corrected chi connectivity index (χ3v) is 5.16. The minimum absolute atomic E-state index is 0.0231. The average molecular weight is 505 g/mol. The lowest BCUT2D eigenvalue weighted by Gasteiger charge is -2.11. The quantitative estimate of drug-likeness (QED) is 0.149. The van der Waals surface area contributed by atoms with Crippen molar-refractivity contribution in [3.8, 4) is 17.1 Å². The van der Waals surface area contributed by atoms with Crippen LogP contribution in [0.25, 0.3) is 22.3 Å². The molecule has 0 fully saturated rings. The van der Waals surface area contributed by atoms with E-state index in [0.717, 1.165) is 0 Å². The Morgan fingerprint density at radius 1 is 1.15 bits per heavy atom. The highest BCUT2D eigenvalue weighted by molar-refractivity contribution is 9.10. The van der Waals surface area contributed by atoms with Gasteiger partial charge >= 0.3 is 5.69 Å². The van der Waals surface area contributed by atoms with Gasteiger partial charge in [0.2, 0.25) is 5.75 Å². The summed E-state index contributed by atoms with van der Waals surface area (Å²) in [5, 5.41) is 16.4. The number of nitro benzene ring substituents is 1. The monoisotopic (exact) mass is 504 g/mol. The van der Waals surface area contributed by atoms with E-state index in [0.29, 0.717) is 32.3 Å². The number of fused-ring (bicyclic) bond motifs is 1. The van der Waals surface area contributed by atoms with Crippen LogP contribution in [-0.4, -0.2) is 27.4 Å². The summed E-state index contributed by atoms with van der Waals surface area (Å²) in [6, 6.07) is 19.1. The molecule has 0 spiro atoms. The molecule has 4 aromatic rings. The minimum atomic E-state index is -0.542. The van der Waals surface area contributed by atoms with Gasteiger partial charge in [0.25, 0.3) is 5.56 Å². The lowest BCUT2D eigenvalue weighted by atomic mass is 10.2. The number of benzene rings is 3. The summed E-state index contributed by atoms with van der Waals surface area (Å²) in [6.07, 6.45) is 2.83. The largest absolute Gasteiger partial charge is 0.482 e. The van der Waals surface area contributed by atoms with Crippen LogP contribution in [0.15, 0.2) is 93.8 Å². The van der Waals surface area contributed by atoms with Crippen molar-refractivity contribution in [2.75, 3.05) is 6.61 Å². The van der Waals surface area contributed by atoms with Gasteiger partial charge in [-0.3, -0.25) is 14.9 Å². The first-order valence-electron chi connectivity index (χ1n) is 9.83. The van der Waals surface area contributed by atoms with E-state index in [1.807, 2.05) is 30.3 Å². The number of hydrogen-bond donors (Lipinski definition) is 0. The third-order valence-electron chi connectivity index (χ3n) is 4.70. The molecule has 0 radical (unpaired) electrons. The molecule has 164 valence electrons. The van der Waals surface area contributed by atoms with Crippen LogP contribution in [-0.2, 0) is 0 Å². The van der Waals surface area contributed by atoms with Gasteiger partial charge in [0.05, 0.1) is 22.0 Å². The Balaban J connectivity index is 1.93. The highest BCUT2D eigenvalue weighted by Gasteiger charge is 2.20. The third kappa shape index (κ3) is 4.58. The number of hydrogen-bond acceptors (Lipinski definition) is 6. The smallest absolute Gasteiger partial charge is 0.312 e. The molecule has 0 saturated heterocycles. The fraction of sp³-hybridized carbons (Fsp3) is 0.0417. The van der Waals surface area contributed by atoms with Crippen LogP contribution in [0.2, 0.25) is 0 Å². The molecular weight excluding hydrogens is 488 g/mol. The second-order valence-electron chi connectivity index (χ2n) is 6.88. The predicted octanol–water partition coefficient (Wildman–Crippen LogP) is 5.18. The minimum Gasteiger partial charge on any atom is -0.482 e. The molecule has 3 aromatic carbocycles. The number of halogens is 1. The molecule has 0 unspecified atom stereocenters. The maximum Gasteiger partial charge on any atom is 0.312 e. The summed E-state index contributed by atoms with van der Waals surface area (Å²) in [4.78, 5) is 29.0. The first kappa shape index (κ1) is 22.1. The van der Waals surface area contributed by atoms with Crippen LogP contribution >= 0.6 is 15.9 Å². The number of rotatable bonds is 7. The maximum atomic E-state index is 13.3. The van der Waals surface area contributed by atoms with Crippen molar-refractivity contribution in [3.05, 3.63) is 110 Å². The topological polar surface area (TPSA) is 99.6 Å².